The fraction of sp³-hybridized carbons (Fsp3) is 0.130. The molecule has 0 radical (unpaired) electrons. The molecule has 0 atom stereocenters. The smallest absolute Gasteiger partial charge is 0.318 e. The Morgan fingerprint density at radius 3 is 2.04 bits per heavy atom. The average molecular weight is 394 g/mol. The van der Waals surface area contributed by atoms with Crippen LogP contribution in [0.5, 0.6) is 0 Å². The molecule has 1 amide bonds. The number of ether oxygens (including phenoxy) is 1. The zero-order valence-corrected chi connectivity index (χ0v) is 16.1. The van der Waals surface area contributed by atoms with Crippen molar-refractivity contribution in [3.8, 4) is 0 Å². The third-order valence-electron chi connectivity index (χ3n) is 4.30. The van der Waals surface area contributed by atoms with Crippen LogP contribution in [0, 0.1) is 6.92 Å². The number of aryl methyl sites for hydroxylation is 1. The maximum absolute atomic E-state index is 12.8. The highest BCUT2D eigenvalue weighted by Gasteiger charge is 2.24. The lowest BCUT2D eigenvalue weighted by Gasteiger charge is -2.17. The lowest BCUT2D eigenvalue weighted by Crippen LogP contribution is -2.24. The zero-order chi connectivity index (χ0) is 19.9. The van der Waals surface area contributed by atoms with Crippen molar-refractivity contribution in [3.63, 3.8) is 0 Å². The maximum atomic E-state index is 12.8. The van der Waals surface area contributed by atoms with E-state index in [1.54, 1.807) is 12.1 Å². The first-order valence-corrected chi connectivity index (χ1v) is 9.25. The Hall–Kier alpha value is -3.11. The van der Waals surface area contributed by atoms with Crippen LogP contribution < -0.4 is 5.32 Å². The van der Waals surface area contributed by atoms with Crippen molar-refractivity contribution in [1.82, 2.24) is 0 Å². The molecule has 4 nitrogen and oxygen atoms in total. The number of hydrogen-bond donors (Lipinski definition) is 1. The highest BCUT2D eigenvalue weighted by atomic mass is 35.5. The maximum Gasteiger partial charge on any atom is 0.318 e. The van der Waals surface area contributed by atoms with Crippen LogP contribution in [0.25, 0.3) is 0 Å². The molecule has 0 aliphatic rings. The molecular weight excluding hydrogens is 374 g/mol. The summed E-state index contributed by atoms with van der Waals surface area (Å²) in [5.74, 6) is -1.49. The molecule has 0 aromatic heterocycles. The van der Waals surface area contributed by atoms with Gasteiger partial charge in [-0.05, 0) is 35.7 Å². The van der Waals surface area contributed by atoms with Crippen LogP contribution in [0.3, 0.4) is 0 Å². The van der Waals surface area contributed by atoms with Crippen molar-refractivity contribution in [2.75, 3.05) is 11.9 Å². The van der Waals surface area contributed by atoms with Gasteiger partial charge >= 0.3 is 5.97 Å². The van der Waals surface area contributed by atoms with Gasteiger partial charge in [0.05, 0.1) is 0 Å². The molecule has 0 fully saturated rings. The van der Waals surface area contributed by atoms with Crippen LogP contribution in [0.4, 0.5) is 5.69 Å². The first-order valence-electron chi connectivity index (χ1n) is 8.87. The molecule has 0 aliphatic heterocycles. The number of esters is 1. The molecule has 0 bridgehead atoms. The monoisotopic (exact) mass is 393 g/mol. The van der Waals surface area contributed by atoms with Crippen LogP contribution in [0.1, 0.15) is 22.6 Å². The van der Waals surface area contributed by atoms with Crippen molar-refractivity contribution >= 4 is 29.2 Å². The average Bonchev–Trinajstić information content (AvgIpc) is 2.71. The number of carbonyl (C=O) groups is 2. The molecule has 3 aromatic carbocycles. The molecule has 0 saturated heterocycles. The largest absolute Gasteiger partial charge is 0.455 e. The summed E-state index contributed by atoms with van der Waals surface area (Å²) in [6, 6.07) is 23.9. The lowest BCUT2D eigenvalue weighted by atomic mass is 9.91. The summed E-state index contributed by atoms with van der Waals surface area (Å²) in [7, 11) is 0. The van der Waals surface area contributed by atoms with Crippen molar-refractivity contribution < 1.29 is 14.3 Å². The summed E-state index contributed by atoms with van der Waals surface area (Å²) in [6.07, 6.45) is 0. The number of rotatable bonds is 6. The number of benzene rings is 3. The van der Waals surface area contributed by atoms with Crippen molar-refractivity contribution in [2.24, 2.45) is 0 Å². The van der Waals surface area contributed by atoms with Gasteiger partial charge in [-0.25, -0.2) is 0 Å². The van der Waals surface area contributed by atoms with Gasteiger partial charge < -0.3 is 10.1 Å². The molecule has 5 heteroatoms. The van der Waals surface area contributed by atoms with Gasteiger partial charge in [-0.15, -0.1) is 0 Å². The summed E-state index contributed by atoms with van der Waals surface area (Å²) >= 11 is 6.07. The molecule has 0 spiro atoms. The van der Waals surface area contributed by atoms with Crippen LogP contribution >= 0.6 is 11.6 Å². The molecule has 0 saturated carbocycles. The summed E-state index contributed by atoms with van der Waals surface area (Å²) in [5.41, 5.74) is 3.09. The van der Waals surface area contributed by atoms with E-state index in [2.05, 4.69) is 5.32 Å². The zero-order valence-electron chi connectivity index (χ0n) is 15.4. The van der Waals surface area contributed by atoms with E-state index in [1.165, 1.54) is 0 Å². The minimum atomic E-state index is -0.594. The van der Waals surface area contributed by atoms with E-state index in [1.807, 2.05) is 73.7 Å². The van der Waals surface area contributed by atoms with E-state index in [9.17, 15) is 9.59 Å². The van der Waals surface area contributed by atoms with E-state index in [-0.39, 0.29) is 6.61 Å². The van der Waals surface area contributed by atoms with E-state index in [4.69, 9.17) is 16.3 Å². The van der Waals surface area contributed by atoms with Gasteiger partial charge in [-0.2, -0.15) is 0 Å². The normalized spacial score (nSPS) is 10.5. The van der Waals surface area contributed by atoms with Crippen LogP contribution in [0.2, 0.25) is 5.02 Å². The van der Waals surface area contributed by atoms with E-state index >= 15 is 0 Å². The summed E-state index contributed by atoms with van der Waals surface area (Å²) in [5, 5.41) is 3.24. The van der Waals surface area contributed by atoms with Crippen LogP contribution in [0.15, 0.2) is 78.9 Å². The third-order valence-corrected chi connectivity index (χ3v) is 4.71. The van der Waals surface area contributed by atoms with Gasteiger partial charge in [0.15, 0.2) is 6.61 Å². The number of amides is 1. The summed E-state index contributed by atoms with van der Waals surface area (Å²) < 4.78 is 5.32. The van der Waals surface area contributed by atoms with E-state index < -0.39 is 17.8 Å². The molecule has 28 heavy (non-hydrogen) atoms. The molecule has 142 valence electrons. The van der Waals surface area contributed by atoms with Crippen molar-refractivity contribution in [1.29, 1.82) is 0 Å². The second-order valence-electron chi connectivity index (χ2n) is 6.37. The fourth-order valence-electron chi connectivity index (χ4n) is 2.84. The van der Waals surface area contributed by atoms with Crippen LogP contribution in [-0.4, -0.2) is 18.5 Å². The quantitative estimate of drug-likeness (QED) is 0.602. The van der Waals surface area contributed by atoms with Gasteiger partial charge in [-0.1, -0.05) is 78.3 Å². The predicted molar refractivity (Wildman–Crippen MR) is 111 cm³/mol. The predicted octanol–water partition coefficient (Wildman–Crippen LogP) is 4.96. The number of halogens is 1. The van der Waals surface area contributed by atoms with Crippen LogP contribution in [-0.2, 0) is 14.3 Å². The summed E-state index contributed by atoms with van der Waals surface area (Å²) in [4.78, 5) is 25.0. The number of nitrogens with one attached hydrogen (secondary N) is 1. The Morgan fingerprint density at radius 1 is 0.929 bits per heavy atom. The van der Waals surface area contributed by atoms with Gasteiger partial charge in [0, 0.05) is 10.7 Å². The topological polar surface area (TPSA) is 55.4 Å². The first-order chi connectivity index (χ1) is 13.5. The lowest BCUT2D eigenvalue weighted by molar-refractivity contribution is -0.147. The van der Waals surface area contributed by atoms with Crippen molar-refractivity contribution in [3.05, 3.63) is 101 Å². The second-order valence-corrected chi connectivity index (χ2v) is 6.78. The van der Waals surface area contributed by atoms with Gasteiger partial charge in [-0.3, -0.25) is 9.59 Å². The Bertz CT molecular complexity index is 919. The fourth-order valence-corrected chi connectivity index (χ4v) is 3.02. The molecule has 0 unspecified atom stereocenters. The molecule has 0 heterocycles. The first kappa shape index (κ1) is 19.6. The Morgan fingerprint density at radius 2 is 1.50 bits per heavy atom. The van der Waals surface area contributed by atoms with E-state index in [0.29, 0.717) is 10.7 Å². The summed E-state index contributed by atoms with van der Waals surface area (Å²) in [6.45, 7) is 1.50. The molecule has 1 N–H and O–H groups in total. The third kappa shape index (κ3) is 4.99. The number of carbonyl (C=O) groups excluding carboxylic acids is 2. The minimum absolute atomic E-state index is 0.375. The van der Waals surface area contributed by atoms with Gasteiger partial charge in [0.2, 0.25) is 0 Å². The van der Waals surface area contributed by atoms with Gasteiger partial charge in [0.25, 0.3) is 5.91 Å². The number of hydrogen-bond acceptors (Lipinski definition) is 3. The molecular formula is C23H20ClNO3. The number of anilines is 1. The highest BCUT2D eigenvalue weighted by molar-refractivity contribution is 6.31. The molecule has 3 aromatic rings. The Labute approximate surface area is 169 Å². The minimum Gasteiger partial charge on any atom is -0.455 e. The van der Waals surface area contributed by atoms with Crippen molar-refractivity contribution in [2.45, 2.75) is 12.8 Å². The van der Waals surface area contributed by atoms with Gasteiger partial charge in [0.1, 0.15) is 5.92 Å². The SMILES string of the molecule is Cc1ccc(NC(=O)COC(=O)C(c2ccccc2)c2ccccc2)cc1Cl. The highest BCUT2D eigenvalue weighted by Crippen LogP contribution is 2.26. The molecule has 3 rings (SSSR count). The Kier molecular flexibility index (Phi) is 6.45. The Balaban J connectivity index is 1.68. The molecule has 0 aliphatic carbocycles. The standard InChI is InChI=1S/C23H20ClNO3/c1-16-12-13-19(14-20(16)24)25-21(26)15-28-23(27)22(17-8-4-2-5-9-17)18-10-6-3-7-11-18/h2-14,22H,15H2,1H3,(H,25,26). The second kappa shape index (κ2) is 9.20. The van der Waals surface area contributed by atoms with E-state index in [0.717, 1.165) is 16.7 Å².